The van der Waals surface area contributed by atoms with E-state index in [1.54, 1.807) is 0 Å². The summed E-state index contributed by atoms with van der Waals surface area (Å²) < 4.78 is 4.74. The van der Waals surface area contributed by atoms with Crippen LogP contribution in [-0.4, -0.2) is 42.6 Å². The Kier molecular flexibility index (Phi) is 5.08. The maximum atomic E-state index is 11.4. The molecular weight excluding hydrogens is 246 g/mol. The molecule has 0 aliphatic carbocycles. The third-order valence-electron chi connectivity index (χ3n) is 3.18. The number of carbonyl (C=O) groups is 1. The lowest BCUT2D eigenvalue weighted by molar-refractivity contribution is -0.139. The molecule has 1 aromatic carbocycles. The number of ether oxygens (including phenoxy) is 1. The lowest BCUT2D eigenvalue weighted by atomic mass is 10.0. The van der Waals surface area contributed by atoms with E-state index in [2.05, 4.69) is 11.0 Å². The van der Waals surface area contributed by atoms with Crippen molar-refractivity contribution in [1.29, 1.82) is 0 Å². The maximum Gasteiger partial charge on any atom is 0.309 e. The van der Waals surface area contributed by atoms with Crippen molar-refractivity contribution < 1.29 is 9.53 Å². The molecular formula is C14H19NO2S. The number of thioether (sulfide) groups is 1. The highest BCUT2D eigenvalue weighted by atomic mass is 32.2. The van der Waals surface area contributed by atoms with Gasteiger partial charge in [-0.25, -0.2) is 0 Å². The van der Waals surface area contributed by atoms with Crippen molar-refractivity contribution in [2.75, 3.05) is 31.7 Å². The van der Waals surface area contributed by atoms with Gasteiger partial charge >= 0.3 is 5.97 Å². The van der Waals surface area contributed by atoms with Gasteiger partial charge < -0.3 is 4.74 Å². The van der Waals surface area contributed by atoms with E-state index in [1.807, 2.05) is 30.0 Å². The van der Waals surface area contributed by atoms with Crippen LogP contribution < -0.4 is 0 Å². The lowest BCUT2D eigenvalue weighted by Crippen LogP contribution is -2.32. The molecule has 0 unspecified atom stereocenters. The Hall–Kier alpha value is -1.00. The molecule has 0 N–H and O–H groups in total. The van der Waals surface area contributed by atoms with E-state index in [4.69, 9.17) is 4.74 Å². The first kappa shape index (κ1) is 13.4. The molecule has 0 spiro atoms. The predicted octanol–water partition coefficient (Wildman–Crippen LogP) is 1.95. The molecule has 0 aromatic heterocycles. The summed E-state index contributed by atoms with van der Waals surface area (Å²) in [5, 5.41) is 0. The van der Waals surface area contributed by atoms with E-state index >= 15 is 0 Å². The van der Waals surface area contributed by atoms with Crippen LogP contribution in [0.1, 0.15) is 11.1 Å². The molecule has 3 nitrogen and oxygen atoms in total. The fourth-order valence-electron chi connectivity index (χ4n) is 2.11. The second kappa shape index (κ2) is 6.81. The molecule has 1 aliphatic heterocycles. The molecule has 2 rings (SSSR count). The van der Waals surface area contributed by atoms with Crippen LogP contribution in [0.15, 0.2) is 24.3 Å². The molecule has 0 amide bonds. The molecule has 1 heterocycles. The van der Waals surface area contributed by atoms with Gasteiger partial charge in [0.1, 0.15) is 0 Å². The van der Waals surface area contributed by atoms with Crippen LogP contribution in [0.4, 0.5) is 0 Å². The fraction of sp³-hybridized carbons (Fsp3) is 0.500. The van der Waals surface area contributed by atoms with E-state index in [0.717, 1.165) is 25.2 Å². The number of nitrogens with zero attached hydrogens (tertiary/aromatic N) is 1. The quantitative estimate of drug-likeness (QED) is 0.778. The maximum absolute atomic E-state index is 11.4. The SMILES string of the molecule is COC(=O)Cc1ccccc1CN1CCSCC1. The van der Waals surface area contributed by atoms with Crippen molar-refractivity contribution in [1.82, 2.24) is 4.90 Å². The van der Waals surface area contributed by atoms with Crippen LogP contribution in [0.25, 0.3) is 0 Å². The molecule has 1 saturated heterocycles. The summed E-state index contributed by atoms with van der Waals surface area (Å²) in [6, 6.07) is 8.15. The van der Waals surface area contributed by atoms with Gasteiger partial charge in [-0.2, -0.15) is 11.8 Å². The second-order valence-electron chi connectivity index (χ2n) is 4.41. The van der Waals surface area contributed by atoms with E-state index in [-0.39, 0.29) is 5.97 Å². The molecule has 1 aliphatic rings. The number of hydrogen-bond donors (Lipinski definition) is 0. The zero-order valence-corrected chi connectivity index (χ0v) is 11.5. The number of esters is 1. The normalized spacial score (nSPS) is 16.5. The molecule has 18 heavy (non-hydrogen) atoms. The van der Waals surface area contributed by atoms with Crippen molar-refractivity contribution in [3.63, 3.8) is 0 Å². The Morgan fingerprint density at radius 3 is 2.61 bits per heavy atom. The Bertz CT molecular complexity index is 403. The van der Waals surface area contributed by atoms with E-state index < -0.39 is 0 Å². The Balaban J connectivity index is 2.04. The zero-order valence-electron chi connectivity index (χ0n) is 10.7. The van der Waals surface area contributed by atoms with E-state index in [1.165, 1.54) is 24.2 Å². The molecule has 4 heteroatoms. The summed E-state index contributed by atoms with van der Waals surface area (Å²) in [6.07, 6.45) is 0.370. The summed E-state index contributed by atoms with van der Waals surface area (Å²) in [4.78, 5) is 13.8. The van der Waals surface area contributed by atoms with Crippen LogP contribution in [0, 0.1) is 0 Å². The van der Waals surface area contributed by atoms with Gasteiger partial charge in [-0.3, -0.25) is 9.69 Å². The van der Waals surface area contributed by atoms with Gasteiger partial charge in [0.15, 0.2) is 0 Å². The number of hydrogen-bond acceptors (Lipinski definition) is 4. The van der Waals surface area contributed by atoms with Gasteiger partial charge in [-0.05, 0) is 11.1 Å². The number of carbonyl (C=O) groups excluding carboxylic acids is 1. The monoisotopic (exact) mass is 265 g/mol. The highest BCUT2D eigenvalue weighted by Gasteiger charge is 2.13. The third-order valence-corrected chi connectivity index (χ3v) is 4.12. The van der Waals surface area contributed by atoms with Gasteiger partial charge in [0, 0.05) is 31.1 Å². The summed E-state index contributed by atoms with van der Waals surface area (Å²) in [7, 11) is 1.44. The molecule has 98 valence electrons. The number of methoxy groups -OCH3 is 1. The minimum absolute atomic E-state index is 0.170. The minimum atomic E-state index is -0.170. The second-order valence-corrected chi connectivity index (χ2v) is 5.63. The largest absolute Gasteiger partial charge is 0.469 e. The summed E-state index contributed by atoms with van der Waals surface area (Å²) >= 11 is 2.01. The van der Waals surface area contributed by atoms with Crippen molar-refractivity contribution in [2.45, 2.75) is 13.0 Å². The third kappa shape index (κ3) is 3.75. The van der Waals surface area contributed by atoms with Crippen LogP contribution in [-0.2, 0) is 22.5 Å². The van der Waals surface area contributed by atoms with Crippen molar-refractivity contribution in [3.05, 3.63) is 35.4 Å². The minimum Gasteiger partial charge on any atom is -0.469 e. The first-order valence-corrected chi connectivity index (χ1v) is 7.39. The molecule has 0 saturated carbocycles. The van der Waals surface area contributed by atoms with Crippen molar-refractivity contribution in [2.24, 2.45) is 0 Å². The molecule has 0 radical (unpaired) electrons. The Labute approximate surface area is 113 Å². The van der Waals surface area contributed by atoms with Crippen molar-refractivity contribution in [3.8, 4) is 0 Å². The first-order chi connectivity index (χ1) is 8.79. The van der Waals surface area contributed by atoms with Gasteiger partial charge in [0.25, 0.3) is 0 Å². The highest BCUT2D eigenvalue weighted by Crippen LogP contribution is 2.16. The standard InChI is InChI=1S/C14H19NO2S/c1-17-14(16)10-12-4-2-3-5-13(12)11-15-6-8-18-9-7-15/h2-5H,6-11H2,1H3. The number of benzene rings is 1. The van der Waals surface area contributed by atoms with Crippen LogP contribution >= 0.6 is 11.8 Å². The summed E-state index contributed by atoms with van der Waals surface area (Å²) in [5.74, 6) is 2.25. The van der Waals surface area contributed by atoms with Crippen LogP contribution in [0.3, 0.4) is 0 Å². The molecule has 1 aromatic rings. The lowest BCUT2D eigenvalue weighted by Gasteiger charge is -2.26. The summed E-state index contributed by atoms with van der Waals surface area (Å²) in [5.41, 5.74) is 2.33. The highest BCUT2D eigenvalue weighted by molar-refractivity contribution is 7.99. The van der Waals surface area contributed by atoms with E-state index in [9.17, 15) is 4.79 Å². The predicted molar refractivity (Wildman–Crippen MR) is 74.8 cm³/mol. The fourth-order valence-corrected chi connectivity index (χ4v) is 3.09. The Morgan fingerprint density at radius 2 is 1.94 bits per heavy atom. The summed E-state index contributed by atoms with van der Waals surface area (Å²) in [6.45, 7) is 3.21. The molecule has 0 atom stereocenters. The average molecular weight is 265 g/mol. The smallest absolute Gasteiger partial charge is 0.309 e. The molecule has 0 bridgehead atoms. The first-order valence-electron chi connectivity index (χ1n) is 6.23. The topological polar surface area (TPSA) is 29.5 Å². The van der Waals surface area contributed by atoms with Crippen LogP contribution in [0.2, 0.25) is 0 Å². The van der Waals surface area contributed by atoms with Gasteiger partial charge in [0.2, 0.25) is 0 Å². The van der Waals surface area contributed by atoms with E-state index in [0.29, 0.717) is 6.42 Å². The van der Waals surface area contributed by atoms with Crippen molar-refractivity contribution >= 4 is 17.7 Å². The Morgan fingerprint density at radius 1 is 1.28 bits per heavy atom. The number of rotatable bonds is 4. The molecule has 1 fully saturated rings. The van der Waals surface area contributed by atoms with Crippen LogP contribution in [0.5, 0.6) is 0 Å². The van der Waals surface area contributed by atoms with Gasteiger partial charge in [0.05, 0.1) is 13.5 Å². The van der Waals surface area contributed by atoms with Gasteiger partial charge in [-0.1, -0.05) is 24.3 Å². The average Bonchev–Trinajstić information content (AvgIpc) is 2.42. The van der Waals surface area contributed by atoms with Gasteiger partial charge in [-0.15, -0.1) is 0 Å². The zero-order chi connectivity index (χ0) is 12.8.